The molecular formula is C31H30F4N2O3. The van der Waals surface area contributed by atoms with Gasteiger partial charge >= 0.3 is 12.1 Å². The largest absolute Gasteiger partial charge is 0.497 e. The van der Waals surface area contributed by atoms with Gasteiger partial charge in [-0.15, -0.1) is 0 Å². The number of hydrazone groups is 1. The van der Waals surface area contributed by atoms with Gasteiger partial charge in [-0.25, -0.2) is 4.39 Å². The number of carbonyl (C=O) groups is 1. The molecule has 2 unspecified atom stereocenters. The normalized spacial score (nSPS) is 19.1. The number of carboxylic acids is 1. The first-order chi connectivity index (χ1) is 19.0. The van der Waals surface area contributed by atoms with Gasteiger partial charge in [0.15, 0.2) is 0 Å². The zero-order valence-corrected chi connectivity index (χ0v) is 22.2. The highest BCUT2D eigenvalue weighted by atomic mass is 19.4. The molecule has 0 spiro atoms. The van der Waals surface area contributed by atoms with Crippen molar-refractivity contribution in [3.63, 3.8) is 0 Å². The number of halogens is 4. The van der Waals surface area contributed by atoms with Gasteiger partial charge in [-0.3, -0.25) is 9.80 Å². The van der Waals surface area contributed by atoms with E-state index in [9.17, 15) is 27.5 Å². The number of hydrogen-bond acceptors (Lipinski definition) is 4. The third-order valence-electron chi connectivity index (χ3n) is 7.73. The molecule has 1 saturated carbocycles. The van der Waals surface area contributed by atoms with Gasteiger partial charge < -0.3 is 9.84 Å². The van der Waals surface area contributed by atoms with Crippen molar-refractivity contribution in [1.82, 2.24) is 0 Å². The van der Waals surface area contributed by atoms with E-state index in [4.69, 9.17) is 4.74 Å². The molecule has 0 bridgehead atoms. The summed E-state index contributed by atoms with van der Waals surface area (Å²) >= 11 is 0. The number of methoxy groups -OCH3 is 1. The van der Waals surface area contributed by atoms with E-state index in [0.717, 1.165) is 35.1 Å². The summed E-state index contributed by atoms with van der Waals surface area (Å²) in [5, 5.41) is 14.7. The number of nitrogens with zero attached hydrogens (tertiary/aromatic N) is 2. The van der Waals surface area contributed by atoms with Crippen LogP contribution in [-0.2, 0) is 11.2 Å². The van der Waals surface area contributed by atoms with E-state index >= 15 is 0 Å². The zero-order chi connectivity index (χ0) is 28.6. The molecule has 2 atom stereocenters. The summed E-state index contributed by atoms with van der Waals surface area (Å²) in [5.74, 6) is -1.72. The summed E-state index contributed by atoms with van der Waals surface area (Å²) in [6.07, 6.45) is -2.47. The maximum atomic E-state index is 14.4. The topological polar surface area (TPSA) is 62.1 Å². The summed E-state index contributed by atoms with van der Waals surface area (Å²) in [7, 11) is 1.53. The van der Waals surface area contributed by atoms with Crippen LogP contribution in [-0.4, -0.2) is 36.1 Å². The average Bonchev–Trinajstić information content (AvgIpc) is 3.66. The van der Waals surface area contributed by atoms with E-state index in [-0.39, 0.29) is 11.7 Å². The molecule has 0 amide bonds. The number of ether oxygens (including phenoxy) is 1. The second-order valence-corrected chi connectivity index (χ2v) is 10.6. The number of rotatable bonds is 9. The predicted octanol–water partition coefficient (Wildman–Crippen LogP) is 7.40. The molecule has 40 heavy (non-hydrogen) atoms. The monoisotopic (exact) mass is 554 g/mol. The SMILES string of the molecule is COc1ccc(F)c(-c2ccc(Cc3ccc(N4N=C(C(F)(F)F)C(CC5CC5)C4CC(=O)O)cc3)c(C)c2)c1. The molecule has 210 valence electrons. The van der Waals surface area contributed by atoms with Gasteiger partial charge in [-0.05, 0) is 78.3 Å². The molecular weight excluding hydrogens is 524 g/mol. The Balaban J connectivity index is 1.37. The van der Waals surface area contributed by atoms with Crippen LogP contribution >= 0.6 is 0 Å². The summed E-state index contributed by atoms with van der Waals surface area (Å²) < 4.78 is 61.3. The van der Waals surface area contributed by atoms with Crippen LogP contribution in [0.2, 0.25) is 0 Å². The van der Waals surface area contributed by atoms with E-state index in [1.54, 1.807) is 24.3 Å². The summed E-state index contributed by atoms with van der Waals surface area (Å²) in [6, 6.07) is 16.4. The first kappa shape index (κ1) is 27.7. The lowest BCUT2D eigenvalue weighted by atomic mass is 9.87. The van der Waals surface area contributed by atoms with Crippen molar-refractivity contribution in [1.29, 1.82) is 0 Å². The Bertz CT molecular complexity index is 1430. The molecule has 1 N–H and O–H groups in total. The Morgan fingerprint density at radius 2 is 1.80 bits per heavy atom. The fraction of sp³-hybridized carbons (Fsp3) is 0.355. The van der Waals surface area contributed by atoms with Crippen molar-refractivity contribution in [2.45, 2.75) is 51.2 Å². The third-order valence-corrected chi connectivity index (χ3v) is 7.73. The second kappa shape index (κ2) is 10.9. The molecule has 0 radical (unpaired) electrons. The van der Waals surface area contributed by atoms with Crippen molar-refractivity contribution in [3.05, 3.63) is 83.2 Å². The molecule has 1 heterocycles. The lowest BCUT2D eigenvalue weighted by molar-refractivity contribution is -0.137. The molecule has 0 saturated heterocycles. The van der Waals surface area contributed by atoms with E-state index in [0.29, 0.717) is 29.8 Å². The fourth-order valence-corrected chi connectivity index (χ4v) is 5.42. The second-order valence-electron chi connectivity index (χ2n) is 10.6. The fourth-order valence-electron chi connectivity index (χ4n) is 5.42. The average molecular weight is 555 g/mol. The molecule has 2 aliphatic rings. The van der Waals surface area contributed by atoms with Crippen LogP contribution < -0.4 is 9.75 Å². The lowest BCUT2D eigenvalue weighted by Crippen LogP contribution is -2.38. The molecule has 1 aliphatic heterocycles. The standard InChI is InChI=1S/C31H30F4N2O3/c1-18-13-22(25-16-24(40-2)11-12-27(25)32)8-7-21(18)14-19-5-9-23(10-6-19)37-28(17-29(38)39)26(15-20-3-4-20)30(36-37)31(33,34)35/h5-13,16,20,26,28H,3-4,14-15,17H2,1-2H3,(H,38,39). The number of hydrogen-bond donors (Lipinski definition) is 1. The van der Waals surface area contributed by atoms with E-state index in [2.05, 4.69) is 5.10 Å². The van der Waals surface area contributed by atoms with Crippen molar-refractivity contribution in [2.24, 2.45) is 16.9 Å². The summed E-state index contributed by atoms with van der Waals surface area (Å²) in [6.45, 7) is 1.94. The van der Waals surface area contributed by atoms with Gasteiger partial charge in [0.1, 0.15) is 17.3 Å². The molecule has 1 aliphatic carbocycles. The van der Waals surface area contributed by atoms with Gasteiger partial charge in [0.2, 0.25) is 0 Å². The van der Waals surface area contributed by atoms with Crippen molar-refractivity contribution in [2.75, 3.05) is 12.1 Å². The zero-order valence-electron chi connectivity index (χ0n) is 22.2. The first-order valence-corrected chi connectivity index (χ1v) is 13.2. The summed E-state index contributed by atoms with van der Waals surface area (Å²) in [5.41, 5.74) is 3.62. The highest BCUT2D eigenvalue weighted by molar-refractivity contribution is 5.96. The van der Waals surface area contributed by atoms with Crippen LogP contribution in [0.3, 0.4) is 0 Å². The third kappa shape index (κ3) is 5.98. The predicted molar refractivity (Wildman–Crippen MR) is 145 cm³/mol. The van der Waals surface area contributed by atoms with Crippen LogP contribution in [0.25, 0.3) is 11.1 Å². The van der Waals surface area contributed by atoms with Gasteiger partial charge in [0, 0.05) is 11.5 Å². The maximum absolute atomic E-state index is 14.4. The van der Waals surface area contributed by atoms with E-state index < -0.39 is 36.2 Å². The minimum absolute atomic E-state index is 0.186. The highest BCUT2D eigenvalue weighted by Gasteiger charge is 2.51. The number of aliphatic carboxylic acids is 1. The molecule has 9 heteroatoms. The number of aryl methyl sites for hydroxylation is 1. The Kier molecular flexibility index (Phi) is 7.57. The van der Waals surface area contributed by atoms with Crippen molar-refractivity contribution in [3.8, 4) is 16.9 Å². The minimum Gasteiger partial charge on any atom is -0.497 e. The maximum Gasteiger partial charge on any atom is 0.431 e. The first-order valence-electron chi connectivity index (χ1n) is 13.2. The van der Waals surface area contributed by atoms with Crippen molar-refractivity contribution < 1.29 is 32.2 Å². The summed E-state index contributed by atoms with van der Waals surface area (Å²) in [4.78, 5) is 11.6. The van der Waals surface area contributed by atoms with E-state index in [1.807, 2.05) is 37.3 Å². The van der Waals surface area contributed by atoms with Gasteiger partial charge in [-0.2, -0.15) is 18.3 Å². The number of benzene rings is 3. The van der Waals surface area contributed by atoms with Gasteiger partial charge in [0.25, 0.3) is 0 Å². The Morgan fingerprint density at radius 3 is 2.40 bits per heavy atom. The van der Waals surface area contributed by atoms with Crippen LogP contribution in [0.4, 0.5) is 23.2 Å². The molecule has 0 aromatic heterocycles. The molecule has 3 aromatic carbocycles. The molecule has 5 nitrogen and oxygen atoms in total. The van der Waals surface area contributed by atoms with Gasteiger partial charge in [-0.1, -0.05) is 43.2 Å². The van der Waals surface area contributed by atoms with Crippen LogP contribution in [0, 0.1) is 24.6 Å². The lowest BCUT2D eigenvalue weighted by Gasteiger charge is -2.27. The molecule has 3 aromatic rings. The highest BCUT2D eigenvalue weighted by Crippen LogP contribution is 2.44. The number of alkyl halides is 3. The number of anilines is 1. The van der Waals surface area contributed by atoms with E-state index in [1.165, 1.54) is 18.2 Å². The van der Waals surface area contributed by atoms with Gasteiger partial charge in [0.05, 0.1) is 25.3 Å². The molecule has 5 rings (SSSR count). The number of carboxylic acid groups (broad SMARTS) is 1. The smallest absolute Gasteiger partial charge is 0.431 e. The molecule has 1 fully saturated rings. The Labute approximate surface area is 230 Å². The minimum atomic E-state index is -4.62. The van der Waals surface area contributed by atoms with Crippen LogP contribution in [0.5, 0.6) is 5.75 Å². The van der Waals surface area contributed by atoms with Crippen molar-refractivity contribution >= 4 is 17.4 Å². The Morgan fingerprint density at radius 1 is 1.07 bits per heavy atom. The quantitative estimate of drug-likeness (QED) is 0.280. The van der Waals surface area contributed by atoms with Crippen LogP contribution in [0.1, 0.15) is 42.4 Å². The van der Waals surface area contributed by atoms with Crippen LogP contribution in [0.15, 0.2) is 65.8 Å². The Hall–Kier alpha value is -3.88.